The molecular formula is C12H26N2O2SSi. The predicted octanol–water partition coefficient (Wildman–Crippen LogP) is 2.43. The summed E-state index contributed by atoms with van der Waals surface area (Å²) < 4.78 is 27.2. The molecule has 4 nitrogen and oxygen atoms in total. The summed E-state index contributed by atoms with van der Waals surface area (Å²) in [4.78, 5) is 2.16. The summed E-state index contributed by atoms with van der Waals surface area (Å²) >= 11 is 0. The summed E-state index contributed by atoms with van der Waals surface area (Å²) in [5.41, 5.74) is 0. The number of nitrogens with zero attached hydrogens (tertiary/aromatic N) is 2. The second-order valence-corrected chi connectivity index (χ2v) is 13.1. The Labute approximate surface area is 113 Å². The van der Waals surface area contributed by atoms with Gasteiger partial charge in [-0.1, -0.05) is 19.6 Å². The van der Waals surface area contributed by atoms with Crippen molar-refractivity contribution in [2.24, 2.45) is 0 Å². The van der Waals surface area contributed by atoms with Crippen molar-refractivity contribution < 1.29 is 8.42 Å². The Balaban J connectivity index is 3.43. The van der Waals surface area contributed by atoms with E-state index in [4.69, 9.17) is 0 Å². The van der Waals surface area contributed by atoms with E-state index in [2.05, 4.69) is 38.4 Å². The van der Waals surface area contributed by atoms with E-state index in [9.17, 15) is 8.42 Å². The van der Waals surface area contributed by atoms with Gasteiger partial charge in [-0.25, -0.2) is 12.7 Å². The van der Waals surface area contributed by atoms with Crippen LogP contribution in [-0.4, -0.2) is 44.8 Å². The number of hydrogen-bond donors (Lipinski definition) is 0. The van der Waals surface area contributed by atoms with Crippen molar-refractivity contribution in [3.63, 3.8) is 0 Å². The van der Waals surface area contributed by atoms with Crippen molar-refractivity contribution >= 4 is 18.1 Å². The van der Waals surface area contributed by atoms with Crippen LogP contribution in [0.5, 0.6) is 0 Å². The van der Waals surface area contributed by atoms with Crippen LogP contribution in [-0.2, 0) is 10.0 Å². The third-order valence-corrected chi connectivity index (χ3v) is 9.15. The maximum Gasteiger partial charge on any atom is 0.261 e. The van der Waals surface area contributed by atoms with E-state index in [-0.39, 0.29) is 6.04 Å². The fourth-order valence-corrected chi connectivity index (χ4v) is 8.37. The maximum absolute atomic E-state index is 12.5. The lowest BCUT2D eigenvalue weighted by molar-refractivity contribution is 0.254. The van der Waals surface area contributed by atoms with E-state index in [1.807, 2.05) is 13.8 Å². The monoisotopic (exact) mass is 290 g/mol. The standard InChI is InChI=1S/C12H26N2O2SSi/c1-8-13(9-2)11-12(18(5,6)7)17(15,16)14(11)10(3)4/h10H,8-9H2,1-7H3. The zero-order valence-corrected chi connectivity index (χ0v) is 14.4. The van der Waals surface area contributed by atoms with E-state index in [0.29, 0.717) is 4.53 Å². The third-order valence-electron chi connectivity index (χ3n) is 3.14. The van der Waals surface area contributed by atoms with Crippen LogP contribution in [0.2, 0.25) is 19.6 Å². The van der Waals surface area contributed by atoms with Gasteiger partial charge in [0.05, 0.1) is 12.6 Å². The van der Waals surface area contributed by atoms with E-state index in [1.54, 1.807) is 4.31 Å². The van der Waals surface area contributed by atoms with Crippen molar-refractivity contribution in [2.45, 2.75) is 53.4 Å². The Morgan fingerprint density at radius 2 is 1.61 bits per heavy atom. The van der Waals surface area contributed by atoms with Gasteiger partial charge in [0, 0.05) is 19.1 Å². The van der Waals surface area contributed by atoms with E-state index < -0.39 is 18.1 Å². The van der Waals surface area contributed by atoms with Gasteiger partial charge in [-0.05, 0) is 27.7 Å². The highest BCUT2D eigenvalue weighted by molar-refractivity contribution is 7.97. The lowest BCUT2D eigenvalue weighted by atomic mass is 10.4. The van der Waals surface area contributed by atoms with Gasteiger partial charge in [0.1, 0.15) is 5.82 Å². The molecule has 0 radical (unpaired) electrons. The summed E-state index contributed by atoms with van der Waals surface area (Å²) in [5, 5.41) is 0. The molecule has 0 amide bonds. The highest BCUT2D eigenvalue weighted by Crippen LogP contribution is 2.42. The first-order chi connectivity index (χ1) is 8.08. The Morgan fingerprint density at radius 1 is 1.17 bits per heavy atom. The molecule has 0 aromatic heterocycles. The minimum Gasteiger partial charge on any atom is -0.357 e. The van der Waals surface area contributed by atoms with Gasteiger partial charge >= 0.3 is 0 Å². The van der Waals surface area contributed by atoms with Gasteiger partial charge in [-0.15, -0.1) is 0 Å². The fourth-order valence-electron chi connectivity index (χ4n) is 2.44. The average molecular weight is 291 g/mol. The summed E-state index contributed by atoms with van der Waals surface area (Å²) in [6.45, 7) is 16.0. The molecule has 0 unspecified atom stereocenters. The zero-order valence-electron chi connectivity index (χ0n) is 12.6. The maximum atomic E-state index is 12.5. The minimum absolute atomic E-state index is 0.00861. The molecule has 0 saturated carbocycles. The first-order valence-electron chi connectivity index (χ1n) is 6.63. The molecule has 0 spiro atoms. The first kappa shape index (κ1) is 15.6. The van der Waals surface area contributed by atoms with Crippen LogP contribution >= 0.6 is 0 Å². The van der Waals surface area contributed by atoms with E-state index >= 15 is 0 Å². The molecule has 18 heavy (non-hydrogen) atoms. The molecule has 106 valence electrons. The van der Waals surface area contributed by atoms with Gasteiger partial charge in [-0.3, -0.25) is 0 Å². The molecule has 0 aromatic carbocycles. The molecule has 1 aliphatic rings. The smallest absolute Gasteiger partial charge is 0.261 e. The van der Waals surface area contributed by atoms with Crippen LogP contribution < -0.4 is 0 Å². The lowest BCUT2D eigenvalue weighted by Gasteiger charge is -2.48. The first-order valence-corrected chi connectivity index (χ1v) is 11.6. The number of sulfonamides is 1. The normalized spacial score (nSPS) is 19.2. The SMILES string of the molecule is CCN(CC)C1=C([Si](C)(C)C)S(=O)(=O)N1C(C)C. The molecule has 0 atom stereocenters. The van der Waals surface area contributed by atoms with Gasteiger partial charge in [-0.2, -0.15) is 0 Å². The van der Waals surface area contributed by atoms with Crippen molar-refractivity contribution in [3.8, 4) is 0 Å². The molecule has 0 aromatic rings. The van der Waals surface area contributed by atoms with E-state index in [1.165, 1.54) is 0 Å². The highest BCUT2D eigenvalue weighted by Gasteiger charge is 2.51. The van der Waals surface area contributed by atoms with Crippen LogP contribution in [0, 0.1) is 0 Å². The van der Waals surface area contributed by atoms with E-state index in [0.717, 1.165) is 18.9 Å². The molecule has 0 saturated heterocycles. The molecule has 1 aliphatic heterocycles. The quantitative estimate of drug-likeness (QED) is 0.730. The molecule has 0 fully saturated rings. The highest BCUT2D eigenvalue weighted by atomic mass is 32.2. The largest absolute Gasteiger partial charge is 0.357 e. The summed E-state index contributed by atoms with van der Waals surface area (Å²) in [7, 11) is -5.05. The van der Waals surface area contributed by atoms with Gasteiger partial charge < -0.3 is 4.90 Å². The van der Waals surface area contributed by atoms with Gasteiger partial charge in [0.2, 0.25) is 0 Å². The van der Waals surface area contributed by atoms with Gasteiger partial charge in [0.15, 0.2) is 0 Å². The summed E-state index contributed by atoms with van der Waals surface area (Å²) in [5.74, 6) is 0.953. The Hall–Kier alpha value is -0.493. The topological polar surface area (TPSA) is 40.6 Å². The fraction of sp³-hybridized carbons (Fsp3) is 0.833. The van der Waals surface area contributed by atoms with Crippen LogP contribution in [0.1, 0.15) is 27.7 Å². The lowest BCUT2D eigenvalue weighted by Crippen LogP contribution is -2.57. The third kappa shape index (κ3) is 2.32. The molecule has 0 bridgehead atoms. The summed E-state index contributed by atoms with van der Waals surface area (Å²) in [6, 6.07) is -0.00861. The molecule has 0 aliphatic carbocycles. The van der Waals surface area contributed by atoms with Crippen molar-refractivity contribution in [1.82, 2.24) is 9.21 Å². The number of hydrogen-bond acceptors (Lipinski definition) is 3. The molecule has 1 heterocycles. The van der Waals surface area contributed by atoms with Crippen LogP contribution in [0.3, 0.4) is 0 Å². The molecule has 0 N–H and O–H groups in total. The second kappa shape index (κ2) is 4.88. The minimum atomic E-state index is -3.20. The summed E-state index contributed by atoms with van der Waals surface area (Å²) in [6.07, 6.45) is 0. The van der Waals surface area contributed by atoms with Crippen LogP contribution in [0.4, 0.5) is 0 Å². The van der Waals surface area contributed by atoms with Crippen molar-refractivity contribution in [3.05, 3.63) is 10.3 Å². The molecular weight excluding hydrogens is 264 g/mol. The zero-order chi connectivity index (χ0) is 14.3. The van der Waals surface area contributed by atoms with Crippen LogP contribution in [0.25, 0.3) is 0 Å². The average Bonchev–Trinajstić information content (AvgIpc) is 2.14. The van der Waals surface area contributed by atoms with Gasteiger partial charge in [0.25, 0.3) is 10.0 Å². The molecule has 6 heteroatoms. The Kier molecular flexibility index (Phi) is 4.22. The molecule has 1 rings (SSSR count). The van der Waals surface area contributed by atoms with Crippen molar-refractivity contribution in [1.29, 1.82) is 0 Å². The van der Waals surface area contributed by atoms with Crippen molar-refractivity contribution in [2.75, 3.05) is 13.1 Å². The Morgan fingerprint density at radius 3 is 1.89 bits per heavy atom. The number of rotatable bonds is 5. The Bertz CT molecular complexity index is 445. The second-order valence-electron chi connectivity index (χ2n) is 5.97. The van der Waals surface area contributed by atoms with Crippen LogP contribution in [0.15, 0.2) is 10.3 Å². The predicted molar refractivity (Wildman–Crippen MR) is 79.2 cm³/mol.